The summed E-state index contributed by atoms with van der Waals surface area (Å²) in [5.74, 6) is -0.208. The minimum absolute atomic E-state index is 0.0977. The third-order valence-electron chi connectivity index (χ3n) is 2.95. The minimum Gasteiger partial charge on any atom is -0.385 e. The van der Waals surface area contributed by atoms with E-state index in [-0.39, 0.29) is 18.4 Å². The van der Waals surface area contributed by atoms with Gasteiger partial charge in [-0.2, -0.15) is 0 Å². The van der Waals surface area contributed by atoms with E-state index in [1.54, 1.807) is 31.4 Å². The van der Waals surface area contributed by atoms with Gasteiger partial charge in [0.15, 0.2) is 0 Å². The van der Waals surface area contributed by atoms with Crippen molar-refractivity contribution < 1.29 is 14.3 Å². The van der Waals surface area contributed by atoms with E-state index in [0.29, 0.717) is 24.4 Å². The first-order valence-corrected chi connectivity index (χ1v) is 7.55. The van der Waals surface area contributed by atoms with Gasteiger partial charge in [-0.3, -0.25) is 9.59 Å². The van der Waals surface area contributed by atoms with Crippen molar-refractivity contribution in [3.8, 4) is 0 Å². The van der Waals surface area contributed by atoms with Crippen molar-refractivity contribution in [1.82, 2.24) is 10.6 Å². The molecule has 0 heterocycles. The van der Waals surface area contributed by atoms with Gasteiger partial charge in [-0.15, -0.1) is 0 Å². The molecule has 1 aromatic carbocycles. The third-order valence-corrected chi connectivity index (χ3v) is 2.95. The molecule has 6 heteroatoms. The van der Waals surface area contributed by atoms with Crippen LogP contribution in [0.15, 0.2) is 24.3 Å². The van der Waals surface area contributed by atoms with Crippen LogP contribution in [0.1, 0.15) is 30.1 Å². The topological polar surface area (TPSA) is 79.5 Å². The Bertz CT molecular complexity index is 460. The second-order valence-corrected chi connectivity index (χ2v) is 4.90. The molecule has 0 aliphatic heterocycles. The van der Waals surface area contributed by atoms with Crippen molar-refractivity contribution in [2.45, 2.75) is 19.8 Å². The zero-order valence-electron chi connectivity index (χ0n) is 13.3. The Hall–Kier alpha value is -1.92. The second-order valence-electron chi connectivity index (χ2n) is 4.90. The fourth-order valence-corrected chi connectivity index (χ4v) is 1.79. The van der Waals surface area contributed by atoms with Gasteiger partial charge in [0.25, 0.3) is 5.91 Å². The molecule has 0 unspecified atom stereocenters. The van der Waals surface area contributed by atoms with Gasteiger partial charge in [0.2, 0.25) is 5.91 Å². The molecule has 6 nitrogen and oxygen atoms in total. The molecule has 122 valence electrons. The summed E-state index contributed by atoms with van der Waals surface area (Å²) >= 11 is 0. The second kappa shape index (κ2) is 10.8. The molecule has 0 spiro atoms. The Morgan fingerprint density at radius 1 is 1.14 bits per heavy atom. The van der Waals surface area contributed by atoms with E-state index in [1.165, 1.54) is 0 Å². The summed E-state index contributed by atoms with van der Waals surface area (Å²) in [6.07, 6.45) is 1.77. The largest absolute Gasteiger partial charge is 0.385 e. The lowest BCUT2D eigenvalue weighted by molar-refractivity contribution is -0.115. The van der Waals surface area contributed by atoms with Crippen LogP contribution in [0.25, 0.3) is 0 Å². The first kappa shape index (κ1) is 18.1. The summed E-state index contributed by atoms with van der Waals surface area (Å²) in [5.41, 5.74) is 1.26. The van der Waals surface area contributed by atoms with Crippen LogP contribution in [0.5, 0.6) is 0 Å². The highest BCUT2D eigenvalue weighted by Crippen LogP contribution is 2.09. The highest BCUT2D eigenvalue weighted by atomic mass is 16.5. The average Bonchev–Trinajstić information content (AvgIpc) is 2.53. The number of nitrogens with one attached hydrogen (secondary N) is 3. The fourth-order valence-electron chi connectivity index (χ4n) is 1.79. The quantitative estimate of drug-likeness (QED) is 0.571. The highest BCUT2D eigenvalue weighted by Gasteiger charge is 2.05. The van der Waals surface area contributed by atoms with E-state index in [4.69, 9.17) is 4.74 Å². The lowest BCUT2D eigenvalue weighted by atomic mass is 10.2. The first-order chi connectivity index (χ1) is 10.7. The van der Waals surface area contributed by atoms with Crippen molar-refractivity contribution >= 4 is 17.5 Å². The van der Waals surface area contributed by atoms with Crippen LogP contribution in [0, 0.1) is 0 Å². The van der Waals surface area contributed by atoms with Crippen LogP contribution in [0.4, 0.5) is 5.69 Å². The van der Waals surface area contributed by atoms with Gasteiger partial charge >= 0.3 is 0 Å². The molecule has 3 N–H and O–H groups in total. The molecule has 22 heavy (non-hydrogen) atoms. The molecule has 0 aromatic heterocycles. The molecule has 1 aromatic rings. The van der Waals surface area contributed by atoms with Gasteiger partial charge in [0.05, 0.1) is 6.54 Å². The smallest absolute Gasteiger partial charge is 0.251 e. The predicted octanol–water partition coefficient (Wildman–Crippen LogP) is 1.39. The van der Waals surface area contributed by atoms with Gasteiger partial charge < -0.3 is 20.7 Å². The van der Waals surface area contributed by atoms with E-state index in [1.807, 2.05) is 6.92 Å². The van der Waals surface area contributed by atoms with Gasteiger partial charge in [-0.25, -0.2) is 0 Å². The summed E-state index contributed by atoms with van der Waals surface area (Å²) in [5, 5.41) is 8.62. The minimum atomic E-state index is -0.111. The van der Waals surface area contributed by atoms with Crippen LogP contribution >= 0.6 is 0 Å². The molecule has 0 fully saturated rings. The van der Waals surface area contributed by atoms with Crippen molar-refractivity contribution in [2.75, 3.05) is 38.7 Å². The summed E-state index contributed by atoms with van der Waals surface area (Å²) in [6.45, 7) is 4.32. The lowest BCUT2D eigenvalue weighted by Crippen LogP contribution is -2.29. The third kappa shape index (κ3) is 7.19. The maximum atomic E-state index is 11.7. The maximum Gasteiger partial charge on any atom is 0.251 e. The average molecular weight is 307 g/mol. The monoisotopic (exact) mass is 307 g/mol. The predicted molar refractivity (Wildman–Crippen MR) is 87.1 cm³/mol. The van der Waals surface area contributed by atoms with Crippen LogP contribution in [0.2, 0.25) is 0 Å². The molecule has 0 bridgehead atoms. The van der Waals surface area contributed by atoms with Gasteiger partial charge in [-0.1, -0.05) is 6.92 Å². The number of methoxy groups -OCH3 is 1. The van der Waals surface area contributed by atoms with Crippen LogP contribution < -0.4 is 16.0 Å². The first-order valence-electron chi connectivity index (χ1n) is 7.55. The Morgan fingerprint density at radius 2 is 1.86 bits per heavy atom. The van der Waals surface area contributed by atoms with E-state index in [0.717, 1.165) is 19.4 Å². The molecule has 0 aliphatic carbocycles. The Balaban J connectivity index is 2.34. The van der Waals surface area contributed by atoms with Crippen molar-refractivity contribution in [1.29, 1.82) is 0 Å². The van der Waals surface area contributed by atoms with E-state index in [9.17, 15) is 9.59 Å². The molecular formula is C16H25N3O3. The van der Waals surface area contributed by atoms with E-state index >= 15 is 0 Å². The van der Waals surface area contributed by atoms with Crippen LogP contribution in [-0.2, 0) is 9.53 Å². The fraction of sp³-hybridized carbons (Fsp3) is 0.500. The standard InChI is InChI=1S/C16H25N3O3/c1-3-9-18-16(21)13-5-7-14(8-6-13)19-15(20)12-17-10-4-11-22-2/h5-8,17H,3-4,9-12H2,1-2H3,(H,18,21)(H,19,20). The number of ether oxygens (including phenoxy) is 1. The van der Waals surface area contributed by atoms with Crippen LogP contribution in [0.3, 0.4) is 0 Å². The Morgan fingerprint density at radius 3 is 2.50 bits per heavy atom. The van der Waals surface area contributed by atoms with Crippen molar-refractivity contribution in [3.05, 3.63) is 29.8 Å². The van der Waals surface area contributed by atoms with Gasteiger partial charge in [-0.05, 0) is 43.7 Å². The molecule has 0 saturated carbocycles. The molecule has 1 rings (SSSR count). The van der Waals surface area contributed by atoms with Crippen LogP contribution in [-0.4, -0.2) is 45.2 Å². The zero-order valence-corrected chi connectivity index (χ0v) is 13.3. The number of benzene rings is 1. The number of amides is 2. The molecular weight excluding hydrogens is 282 g/mol. The van der Waals surface area contributed by atoms with Crippen molar-refractivity contribution in [3.63, 3.8) is 0 Å². The maximum absolute atomic E-state index is 11.7. The van der Waals surface area contributed by atoms with Crippen molar-refractivity contribution in [2.24, 2.45) is 0 Å². The summed E-state index contributed by atoms with van der Waals surface area (Å²) in [7, 11) is 1.65. The number of hydrogen-bond donors (Lipinski definition) is 3. The number of carbonyl (C=O) groups is 2. The molecule has 0 atom stereocenters. The Labute approximate surface area is 131 Å². The van der Waals surface area contributed by atoms with Gasteiger partial charge in [0, 0.05) is 31.5 Å². The normalized spacial score (nSPS) is 10.3. The number of hydrogen-bond acceptors (Lipinski definition) is 4. The number of anilines is 1. The summed E-state index contributed by atoms with van der Waals surface area (Å²) in [6, 6.07) is 6.85. The molecule has 0 aliphatic rings. The van der Waals surface area contributed by atoms with E-state index in [2.05, 4.69) is 16.0 Å². The number of carbonyl (C=O) groups excluding carboxylic acids is 2. The summed E-state index contributed by atoms with van der Waals surface area (Å²) in [4.78, 5) is 23.5. The van der Waals surface area contributed by atoms with Gasteiger partial charge in [0.1, 0.15) is 0 Å². The molecule has 2 amide bonds. The lowest BCUT2D eigenvalue weighted by Gasteiger charge is -2.08. The van der Waals surface area contributed by atoms with E-state index < -0.39 is 0 Å². The Kier molecular flexibility index (Phi) is 8.86. The molecule has 0 saturated heterocycles. The SMILES string of the molecule is CCCNC(=O)c1ccc(NC(=O)CNCCCOC)cc1. The highest BCUT2D eigenvalue weighted by molar-refractivity contribution is 5.96. The zero-order chi connectivity index (χ0) is 16.2. The molecule has 0 radical (unpaired) electrons. The summed E-state index contributed by atoms with van der Waals surface area (Å²) < 4.78 is 4.93. The number of rotatable bonds is 10.